The number of anilines is 1. The topological polar surface area (TPSA) is 41.5 Å². The fourth-order valence-corrected chi connectivity index (χ4v) is 2.77. The zero-order chi connectivity index (χ0) is 12.4. The fraction of sp³-hybridized carbons (Fsp3) is 0.600. The van der Waals surface area contributed by atoms with Crippen molar-refractivity contribution < 1.29 is 9.84 Å². The van der Waals surface area contributed by atoms with E-state index in [1.165, 1.54) is 42.5 Å². The molecule has 1 aromatic carbocycles. The Bertz CT molecular complexity index is 421. The third-order valence-corrected chi connectivity index (χ3v) is 4.17. The van der Waals surface area contributed by atoms with E-state index in [2.05, 4.69) is 23.5 Å². The van der Waals surface area contributed by atoms with Crippen molar-refractivity contribution in [1.29, 1.82) is 0 Å². The van der Waals surface area contributed by atoms with E-state index in [0.717, 1.165) is 6.54 Å². The number of hydrogen-bond donors (Lipinski definition) is 2. The molecule has 18 heavy (non-hydrogen) atoms. The zero-order valence-corrected chi connectivity index (χ0v) is 10.7. The molecular formula is C15H21NO2. The number of aliphatic hydroxyl groups excluding tert-OH is 1. The Morgan fingerprint density at radius 1 is 1.17 bits per heavy atom. The summed E-state index contributed by atoms with van der Waals surface area (Å²) in [5.41, 5.74) is 4.12. The van der Waals surface area contributed by atoms with Crippen molar-refractivity contribution in [3.05, 3.63) is 29.3 Å². The minimum atomic E-state index is -0.0596. The van der Waals surface area contributed by atoms with Gasteiger partial charge >= 0.3 is 0 Å². The van der Waals surface area contributed by atoms with Crippen molar-refractivity contribution >= 4 is 5.69 Å². The van der Waals surface area contributed by atoms with Crippen LogP contribution in [0.2, 0.25) is 0 Å². The summed E-state index contributed by atoms with van der Waals surface area (Å²) in [6.45, 7) is 2.33. The lowest BCUT2D eigenvalue weighted by molar-refractivity contribution is -0.128. The minimum Gasteiger partial charge on any atom is -0.396 e. The molecule has 0 spiro atoms. The number of benzene rings is 1. The van der Waals surface area contributed by atoms with Crippen molar-refractivity contribution in [3.63, 3.8) is 0 Å². The number of aliphatic hydroxyl groups is 1. The van der Waals surface area contributed by atoms with Gasteiger partial charge in [0.1, 0.15) is 0 Å². The molecule has 0 radical (unpaired) electrons. The van der Waals surface area contributed by atoms with Gasteiger partial charge in [-0.1, -0.05) is 6.07 Å². The molecule has 2 N–H and O–H groups in total. The van der Waals surface area contributed by atoms with Crippen LogP contribution < -0.4 is 5.32 Å². The number of hydrogen-bond acceptors (Lipinski definition) is 3. The number of rotatable bonds is 4. The highest BCUT2D eigenvalue weighted by Gasteiger charge is 2.37. The van der Waals surface area contributed by atoms with Crippen LogP contribution in [0, 0.1) is 5.41 Å². The van der Waals surface area contributed by atoms with Gasteiger partial charge in [0.15, 0.2) is 0 Å². The minimum absolute atomic E-state index is 0.0596. The first kappa shape index (κ1) is 12.0. The largest absolute Gasteiger partial charge is 0.396 e. The Hall–Kier alpha value is -1.06. The van der Waals surface area contributed by atoms with Crippen LogP contribution in [0.15, 0.2) is 18.2 Å². The molecule has 1 fully saturated rings. The molecule has 98 valence electrons. The molecule has 1 aliphatic carbocycles. The van der Waals surface area contributed by atoms with Gasteiger partial charge in [0.2, 0.25) is 0 Å². The Balaban J connectivity index is 1.66. The first-order valence-corrected chi connectivity index (χ1v) is 6.86. The molecule has 2 aliphatic rings. The summed E-state index contributed by atoms with van der Waals surface area (Å²) in [4.78, 5) is 0. The van der Waals surface area contributed by atoms with Gasteiger partial charge in [0.05, 0.1) is 25.2 Å². The van der Waals surface area contributed by atoms with Crippen molar-refractivity contribution in [1.82, 2.24) is 0 Å². The van der Waals surface area contributed by atoms with Crippen LogP contribution in [0.1, 0.15) is 24.0 Å². The highest BCUT2D eigenvalue weighted by molar-refractivity contribution is 5.49. The second-order valence-electron chi connectivity index (χ2n) is 5.70. The summed E-state index contributed by atoms with van der Waals surface area (Å²) in [5, 5.41) is 12.8. The third-order valence-electron chi connectivity index (χ3n) is 4.17. The summed E-state index contributed by atoms with van der Waals surface area (Å²) >= 11 is 0. The van der Waals surface area contributed by atoms with Gasteiger partial charge < -0.3 is 15.2 Å². The highest BCUT2D eigenvalue weighted by atomic mass is 16.5. The van der Waals surface area contributed by atoms with Gasteiger partial charge in [-0.15, -0.1) is 0 Å². The van der Waals surface area contributed by atoms with E-state index >= 15 is 0 Å². The van der Waals surface area contributed by atoms with Crippen LogP contribution >= 0.6 is 0 Å². The van der Waals surface area contributed by atoms with Gasteiger partial charge in [-0.3, -0.25) is 0 Å². The number of nitrogens with one attached hydrogen (secondary N) is 1. The Morgan fingerprint density at radius 3 is 2.61 bits per heavy atom. The summed E-state index contributed by atoms with van der Waals surface area (Å²) < 4.78 is 5.21. The van der Waals surface area contributed by atoms with Crippen LogP contribution in [0.4, 0.5) is 5.69 Å². The summed E-state index contributed by atoms with van der Waals surface area (Å²) in [6.07, 6.45) is 5.07. The summed E-state index contributed by atoms with van der Waals surface area (Å²) in [5.74, 6) is 0. The Kier molecular flexibility index (Phi) is 3.27. The number of ether oxygens (including phenoxy) is 1. The van der Waals surface area contributed by atoms with E-state index in [-0.39, 0.29) is 12.0 Å². The zero-order valence-electron chi connectivity index (χ0n) is 10.7. The van der Waals surface area contributed by atoms with Crippen LogP contribution in [0.3, 0.4) is 0 Å². The molecule has 0 saturated carbocycles. The summed E-state index contributed by atoms with van der Waals surface area (Å²) in [6, 6.07) is 6.69. The normalized spacial score (nSPS) is 20.9. The molecule has 3 heteroatoms. The Labute approximate surface area is 108 Å². The standard InChI is InChI=1S/C15H21NO2/c17-9-15(10-18-11-15)8-16-14-6-5-12-3-1-2-4-13(12)7-14/h5-7,16-17H,1-4,8-11H2. The smallest absolute Gasteiger partial charge is 0.0584 e. The van der Waals surface area contributed by atoms with E-state index < -0.39 is 0 Å². The molecule has 3 nitrogen and oxygen atoms in total. The first-order chi connectivity index (χ1) is 8.81. The van der Waals surface area contributed by atoms with Gasteiger partial charge in [-0.2, -0.15) is 0 Å². The molecule has 3 rings (SSSR count). The second-order valence-corrected chi connectivity index (χ2v) is 5.70. The van der Waals surface area contributed by atoms with Crippen LogP contribution in [-0.2, 0) is 17.6 Å². The van der Waals surface area contributed by atoms with Crippen LogP contribution in [-0.4, -0.2) is 31.5 Å². The quantitative estimate of drug-likeness (QED) is 0.855. The average molecular weight is 247 g/mol. The van der Waals surface area contributed by atoms with Crippen LogP contribution in [0.25, 0.3) is 0 Å². The molecule has 1 aromatic rings. The predicted octanol–water partition coefficient (Wildman–Crippen LogP) is 1.99. The van der Waals surface area contributed by atoms with Crippen molar-refractivity contribution in [2.45, 2.75) is 25.7 Å². The molecule has 0 amide bonds. The molecular weight excluding hydrogens is 226 g/mol. The SMILES string of the molecule is OCC1(CNc2ccc3c(c2)CCCC3)COC1. The maximum atomic E-state index is 9.39. The average Bonchev–Trinajstić information content (AvgIpc) is 2.38. The van der Waals surface area contributed by atoms with Crippen molar-refractivity contribution in [3.8, 4) is 0 Å². The van der Waals surface area contributed by atoms with Gasteiger partial charge in [0, 0.05) is 12.2 Å². The maximum Gasteiger partial charge on any atom is 0.0584 e. The lowest BCUT2D eigenvalue weighted by atomic mass is 9.86. The number of aryl methyl sites for hydroxylation is 2. The fourth-order valence-electron chi connectivity index (χ4n) is 2.77. The second kappa shape index (κ2) is 4.90. The molecule has 1 heterocycles. The molecule has 0 atom stereocenters. The lowest BCUT2D eigenvalue weighted by Crippen LogP contribution is -2.50. The first-order valence-electron chi connectivity index (χ1n) is 6.86. The van der Waals surface area contributed by atoms with E-state index in [0.29, 0.717) is 13.2 Å². The third kappa shape index (κ3) is 2.25. The number of fused-ring (bicyclic) bond motifs is 1. The van der Waals surface area contributed by atoms with E-state index in [1.54, 1.807) is 0 Å². The lowest BCUT2D eigenvalue weighted by Gasteiger charge is -2.40. The van der Waals surface area contributed by atoms with Crippen molar-refractivity contribution in [2.24, 2.45) is 5.41 Å². The van der Waals surface area contributed by atoms with E-state index in [1.807, 2.05) is 0 Å². The molecule has 0 unspecified atom stereocenters. The molecule has 0 aromatic heterocycles. The predicted molar refractivity (Wildman–Crippen MR) is 71.9 cm³/mol. The Morgan fingerprint density at radius 2 is 1.94 bits per heavy atom. The summed E-state index contributed by atoms with van der Waals surface area (Å²) in [7, 11) is 0. The molecule has 1 saturated heterocycles. The molecule has 0 bridgehead atoms. The molecule has 1 aliphatic heterocycles. The van der Waals surface area contributed by atoms with Gasteiger partial charge in [-0.05, 0) is 48.9 Å². The van der Waals surface area contributed by atoms with E-state index in [4.69, 9.17) is 4.74 Å². The van der Waals surface area contributed by atoms with Gasteiger partial charge in [-0.25, -0.2) is 0 Å². The highest BCUT2D eigenvalue weighted by Crippen LogP contribution is 2.28. The monoisotopic (exact) mass is 247 g/mol. The van der Waals surface area contributed by atoms with Crippen molar-refractivity contribution in [2.75, 3.05) is 31.7 Å². The maximum absolute atomic E-state index is 9.39. The van der Waals surface area contributed by atoms with Crippen LogP contribution in [0.5, 0.6) is 0 Å². The van der Waals surface area contributed by atoms with Gasteiger partial charge in [0.25, 0.3) is 0 Å². The van der Waals surface area contributed by atoms with E-state index in [9.17, 15) is 5.11 Å².